The number of hydrogen-bond donors (Lipinski definition) is 1. The summed E-state index contributed by atoms with van der Waals surface area (Å²) in [5.74, 6) is 0.901. The number of ether oxygens (including phenoxy) is 1. The van der Waals surface area contributed by atoms with Gasteiger partial charge in [0.05, 0.1) is 0 Å². The molecule has 21 heavy (non-hydrogen) atoms. The molecular weight excluding hydrogens is 352 g/mol. The van der Waals surface area contributed by atoms with Crippen LogP contribution >= 0.6 is 27.5 Å². The minimum atomic E-state index is -0.736. The number of aliphatic hydroxyl groups excluding tert-OH is 1. The Morgan fingerprint density at radius 1 is 1.24 bits per heavy atom. The van der Waals surface area contributed by atoms with E-state index < -0.39 is 6.10 Å². The zero-order valence-corrected chi connectivity index (χ0v) is 14.2. The molecule has 1 aliphatic rings. The summed E-state index contributed by atoms with van der Waals surface area (Å²) < 4.78 is 6.76. The molecule has 1 heterocycles. The number of fused-ring (bicyclic) bond motifs is 1. The van der Waals surface area contributed by atoms with Crippen LogP contribution in [0.3, 0.4) is 0 Å². The fourth-order valence-corrected chi connectivity index (χ4v) is 3.48. The van der Waals surface area contributed by atoms with E-state index in [4.69, 9.17) is 16.3 Å². The summed E-state index contributed by atoms with van der Waals surface area (Å²) in [4.78, 5) is 0. The third-order valence-corrected chi connectivity index (χ3v) is 4.48. The van der Waals surface area contributed by atoms with Gasteiger partial charge in [-0.3, -0.25) is 0 Å². The summed E-state index contributed by atoms with van der Waals surface area (Å²) in [5.41, 5.74) is 2.49. The highest BCUT2D eigenvalue weighted by Gasteiger charge is 2.30. The summed E-state index contributed by atoms with van der Waals surface area (Å²) in [6.45, 7) is 4.13. The summed E-state index contributed by atoms with van der Waals surface area (Å²) in [5, 5.41) is 11.1. The highest BCUT2D eigenvalue weighted by Crippen LogP contribution is 2.38. The Balaban J connectivity index is 1.95. The maximum Gasteiger partial charge on any atom is 0.123 e. The first-order valence-corrected chi connectivity index (χ1v) is 7.98. The van der Waals surface area contributed by atoms with Crippen LogP contribution in [0.2, 0.25) is 5.02 Å². The molecular formula is C17H16BrClO2. The highest BCUT2D eigenvalue weighted by molar-refractivity contribution is 9.10. The van der Waals surface area contributed by atoms with Crippen LogP contribution in [0.5, 0.6) is 5.75 Å². The van der Waals surface area contributed by atoms with Crippen LogP contribution < -0.4 is 4.74 Å². The summed E-state index contributed by atoms with van der Waals surface area (Å²) in [6, 6.07) is 11.3. The minimum Gasteiger partial charge on any atom is -0.487 e. The van der Waals surface area contributed by atoms with Gasteiger partial charge in [-0.25, -0.2) is 0 Å². The number of hydrogen-bond acceptors (Lipinski definition) is 2. The largest absolute Gasteiger partial charge is 0.487 e. The molecule has 0 bridgehead atoms. The maximum atomic E-state index is 10.6. The number of halogens is 2. The van der Waals surface area contributed by atoms with Crippen molar-refractivity contribution in [3.8, 4) is 5.75 Å². The zero-order valence-electron chi connectivity index (χ0n) is 11.9. The lowest BCUT2D eigenvalue weighted by Gasteiger charge is -2.16. The molecule has 1 aliphatic heterocycles. The van der Waals surface area contributed by atoms with Crippen molar-refractivity contribution < 1.29 is 9.84 Å². The van der Waals surface area contributed by atoms with E-state index in [1.807, 2.05) is 30.3 Å². The van der Waals surface area contributed by atoms with Gasteiger partial charge in [0.2, 0.25) is 0 Å². The Kier molecular flexibility index (Phi) is 3.76. The molecule has 2 aromatic carbocycles. The lowest BCUT2D eigenvalue weighted by atomic mass is 9.96. The Hall–Kier alpha value is -1.03. The molecule has 1 N–H and O–H groups in total. The second kappa shape index (κ2) is 5.31. The second-order valence-corrected chi connectivity index (χ2v) is 7.30. The van der Waals surface area contributed by atoms with Gasteiger partial charge in [-0.2, -0.15) is 0 Å². The van der Waals surface area contributed by atoms with Crippen LogP contribution in [0.1, 0.15) is 36.6 Å². The summed E-state index contributed by atoms with van der Waals surface area (Å²) in [6.07, 6.45) is 0.108. The van der Waals surface area contributed by atoms with Crippen molar-refractivity contribution in [2.75, 3.05) is 0 Å². The van der Waals surface area contributed by atoms with Crippen LogP contribution in [0.15, 0.2) is 40.9 Å². The van der Waals surface area contributed by atoms with Crippen LogP contribution in [-0.2, 0) is 6.42 Å². The number of rotatable bonds is 2. The molecule has 2 nitrogen and oxygen atoms in total. The SMILES string of the molecule is CC1(C)Cc2cc(C(O)c3ccc(Br)cc3Cl)ccc2O1. The Morgan fingerprint density at radius 3 is 2.71 bits per heavy atom. The maximum absolute atomic E-state index is 10.6. The number of benzene rings is 2. The molecule has 0 fully saturated rings. The van der Waals surface area contributed by atoms with Gasteiger partial charge in [-0.15, -0.1) is 0 Å². The molecule has 0 aromatic heterocycles. The first kappa shape index (κ1) is 14.9. The third kappa shape index (κ3) is 2.96. The van der Waals surface area contributed by atoms with E-state index in [0.717, 1.165) is 27.8 Å². The van der Waals surface area contributed by atoms with Crippen LogP contribution in [-0.4, -0.2) is 10.7 Å². The van der Waals surface area contributed by atoms with Crippen molar-refractivity contribution in [3.05, 3.63) is 62.6 Å². The molecule has 110 valence electrons. The van der Waals surface area contributed by atoms with Gasteiger partial charge in [-0.05, 0) is 49.2 Å². The van der Waals surface area contributed by atoms with Crippen molar-refractivity contribution in [3.63, 3.8) is 0 Å². The fourth-order valence-electron chi connectivity index (χ4n) is 2.70. The molecule has 2 aromatic rings. The van der Waals surface area contributed by atoms with Gasteiger partial charge < -0.3 is 9.84 Å². The van der Waals surface area contributed by atoms with Gasteiger partial charge in [0.1, 0.15) is 17.5 Å². The lowest BCUT2D eigenvalue weighted by Crippen LogP contribution is -2.24. The molecule has 1 atom stereocenters. The Morgan fingerprint density at radius 2 is 2.00 bits per heavy atom. The quantitative estimate of drug-likeness (QED) is 0.818. The van der Waals surface area contributed by atoms with E-state index in [1.165, 1.54) is 0 Å². The van der Waals surface area contributed by atoms with Gasteiger partial charge in [0.25, 0.3) is 0 Å². The van der Waals surface area contributed by atoms with Gasteiger partial charge in [0.15, 0.2) is 0 Å². The number of aliphatic hydroxyl groups is 1. The lowest BCUT2D eigenvalue weighted by molar-refractivity contribution is 0.138. The van der Waals surface area contributed by atoms with Gasteiger partial charge >= 0.3 is 0 Å². The molecule has 0 radical (unpaired) electrons. The van der Waals surface area contributed by atoms with Crippen molar-refractivity contribution in [2.24, 2.45) is 0 Å². The predicted molar refractivity (Wildman–Crippen MR) is 88.1 cm³/mol. The monoisotopic (exact) mass is 366 g/mol. The van der Waals surface area contributed by atoms with Crippen LogP contribution in [0.4, 0.5) is 0 Å². The second-order valence-electron chi connectivity index (χ2n) is 5.97. The van der Waals surface area contributed by atoms with E-state index in [-0.39, 0.29) is 5.60 Å². The molecule has 0 amide bonds. The van der Waals surface area contributed by atoms with E-state index in [0.29, 0.717) is 10.6 Å². The Bertz CT molecular complexity index is 697. The predicted octanol–water partition coefficient (Wildman–Crippen LogP) is 4.90. The topological polar surface area (TPSA) is 29.5 Å². The third-order valence-electron chi connectivity index (χ3n) is 3.66. The molecule has 4 heteroatoms. The molecule has 0 spiro atoms. The minimum absolute atomic E-state index is 0.179. The van der Waals surface area contributed by atoms with E-state index in [9.17, 15) is 5.11 Å². The average Bonchev–Trinajstić information content (AvgIpc) is 2.70. The van der Waals surface area contributed by atoms with E-state index in [2.05, 4.69) is 29.8 Å². The molecule has 3 rings (SSSR count). The first-order chi connectivity index (χ1) is 9.85. The van der Waals surface area contributed by atoms with E-state index >= 15 is 0 Å². The van der Waals surface area contributed by atoms with Gasteiger partial charge in [0, 0.05) is 21.5 Å². The first-order valence-electron chi connectivity index (χ1n) is 6.80. The van der Waals surface area contributed by atoms with Gasteiger partial charge in [-0.1, -0.05) is 39.7 Å². The zero-order chi connectivity index (χ0) is 15.2. The smallest absolute Gasteiger partial charge is 0.123 e. The average molecular weight is 368 g/mol. The summed E-state index contributed by atoms with van der Waals surface area (Å²) >= 11 is 9.59. The van der Waals surface area contributed by atoms with Crippen LogP contribution in [0.25, 0.3) is 0 Å². The van der Waals surface area contributed by atoms with Crippen molar-refractivity contribution in [1.82, 2.24) is 0 Å². The molecule has 1 unspecified atom stereocenters. The molecule has 0 saturated heterocycles. The van der Waals surface area contributed by atoms with Crippen molar-refractivity contribution >= 4 is 27.5 Å². The molecule has 0 aliphatic carbocycles. The highest BCUT2D eigenvalue weighted by atomic mass is 79.9. The molecule has 0 saturated carbocycles. The van der Waals surface area contributed by atoms with E-state index in [1.54, 1.807) is 6.07 Å². The fraction of sp³-hybridized carbons (Fsp3) is 0.294. The Labute approximate surface area is 137 Å². The van der Waals surface area contributed by atoms with Crippen molar-refractivity contribution in [1.29, 1.82) is 0 Å². The van der Waals surface area contributed by atoms with Crippen LogP contribution in [0, 0.1) is 0 Å². The summed E-state index contributed by atoms with van der Waals surface area (Å²) in [7, 11) is 0. The van der Waals surface area contributed by atoms with Crippen molar-refractivity contribution in [2.45, 2.75) is 32.0 Å². The normalized spacial score (nSPS) is 17.2. The standard InChI is InChI=1S/C17H16BrClO2/c1-17(2)9-11-7-10(3-6-15(11)21-17)16(20)13-5-4-12(18)8-14(13)19/h3-8,16,20H,9H2,1-2H3.